The number of aromatic nitrogens is 3. The van der Waals surface area contributed by atoms with Crippen LogP contribution < -0.4 is 5.32 Å². The fourth-order valence-electron chi connectivity index (χ4n) is 3.09. The van der Waals surface area contributed by atoms with Crippen LogP contribution in [-0.2, 0) is 0 Å². The van der Waals surface area contributed by atoms with Gasteiger partial charge >= 0.3 is 0 Å². The number of H-pyrrole nitrogens is 1. The summed E-state index contributed by atoms with van der Waals surface area (Å²) >= 11 is 0. The normalized spacial score (nSPS) is 23.9. The molecule has 0 unspecified atom stereocenters. The van der Waals surface area contributed by atoms with Crippen LogP contribution in [0.2, 0.25) is 0 Å². The maximum absolute atomic E-state index is 13.7. The number of aliphatic hydroxyl groups is 1. The highest BCUT2D eigenvalue weighted by atomic mass is 19.1. The molecular formula is C16H19FN4O2. The number of carbonyl (C=O) groups excluding carboxylic acids is 1. The lowest BCUT2D eigenvalue weighted by Gasteiger charge is -2.15. The van der Waals surface area contributed by atoms with Crippen molar-refractivity contribution in [2.75, 3.05) is 6.54 Å². The molecule has 0 saturated heterocycles. The molecular weight excluding hydrogens is 299 g/mol. The predicted molar refractivity (Wildman–Crippen MR) is 81.3 cm³/mol. The quantitative estimate of drug-likeness (QED) is 0.797. The van der Waals surface area contributed by atoms with Crippen LogP contribution in [0.25, 0.3) is 0 Å². The lowest BCUT2D eigenvalue weighted by molar-refractivity contribution is 0.0913. The molecule has 122 valence electrons. The average Bonchev–Trinajstić information content (AvgIpc) is 3.17. The van der Waals surface area contributed by atoms with Crippen LogP contribution in [0.3, 0.4) is 0 Å². The zero-order valence-corrected chi connectivity index (χ0v) is 12.8. The van der Waals surface area contributed by atoms with Gasteiger partial charge in [-0.25, -0.2) is 9.37 Å². The monoisotopic (exact) mass is 318 g/mol. The van der Waals surface area contributed by atoms with Crippen molar-refractivity contribution in [1.29, 1.82) is 0 Å². The van der Waals surface area contributed by atoms with Gasteiger partial charge in [-0.1, -0.05) is 11.6 Å². The van der Waals surface area contributed by atoms with Gasteiger partial charge in [0.25, 0.3) is 5.91 Å². The van der Waals surface area contributed by atoms with Crippen molar-refractivity contribution in [1.82, 2.24) is 20.5 Å². The Morgan fingerprint density at radius 2 is 2.30 bits per heavy atom. The van der Waals surface area contributed by atoms with Crippen LogP contribution in [0.4, 0.5) is 4.39 Å². The first-order valence-corrected chi connectivity index (χ1v) is 7.62. The van der Waals surface area contributed by atoms with E-state index in [9.17, 15) is 14.3 Å². The Labute approximate surface area is 133 Å². The minimum absolute atomic E-state index is 0.0317. The molecule has 1 aromatic carbocycles. The summed E-state index contributed by atoms with van der Waals surface area (Å²) in [6.45, 7) is 2.11. The maximum atomic E-state index is 13.7. The molecule has 1 fully saturated rings. The van der Waals surface area contributed by atoms with E-state index in [1.54, 1.807) is 13.0 Å². The Hall–Kier alpha value is -2.28. The lowest BCUT2D eigenvalue weighted by atomic mass is 10.0. The Morgan fingerprint density at radius 3 is 3.04 bits per heavy atom. The van der Waals surface area contributed by atoms with Gasteiger partial charge in [-0.2, -0.15) is 5.10 Å². The predicted octanol–water partition coefficient (Wildman–Crippen LogP) is 1.54. The molecule has 1 saturated carbocycles. The molecule has 1 aliphatic rings. The molecule has 23 heavy (non-hydrogen) atoms. The van der Waals surface area contributed by atoms with Crippen molar-refractivity contribution in [3.8, 4) is 0 Å². The Balaban J connectivity index is 1.60. The van der Waals surface area contributed by atoms with Gasteiger partial charge in [0.2, 0.25) is 0 Å². The first-order chi connectivity index (χ1) is 11.0. The second-order valence-electron chi connectivity index (χ2n) is 6.06. The Morgan fingerprint density at radius 1 is 1.48 bits per heavy atom. The summed E-state index contributed by atoms with van der Waals surface area (Å²) in [5.74, 6) is -0.226. The fourth-order valence-corrected chi connectivity index (χ4v) is 3.09. The molecule has 6 nitrogen and oxygen atoms in total. The minimum Gasteiger partial charge on any atom is -0.393 e. The van der Waals surface area contributed by atoms with Gasteiger partial charge in [-0.3, -0.25) is 9.89 Å². The number of benzene rings is 1. The lowest BCUT2D eigenvalue weighted by Crippen LogP contribution is -2.32. The zero-order chi connectivity index (χ0) is 16.4. The van der Waals surface area contributed by atoms with Crippen molar-refractivity contribution < 1.29 is 14.3 Å². The van der Waals surface area contributed by atoms with E-state index in [4.69, 9.17) is 0 Å². The number of hydrogen-bond donors (Lipinski definition) is 3. The molecule has 3 atom stereocenters. The number of carbonyl (C=O) groups is 1. The number of amides is 1. The summed E-state index contributed by atoms with van der Waals surface area (Å²) in [5.41, 5.74) is 0.854. The first-order valence-electron chi connectivity index (χ1n) is 7.62. The summed E-state index contributed by atoms with van der Waals surface area (Å²) in [7, 11) is 0. The van der Waals surface area contributed by atoms with E-state index < -0.39 is 17.8 Å². The average molecular weight is 318 g/mol. The number of aryl methyl sites for hydroxylation is 1. The van der Waals surface area contributed by atoms with E-state index in [2.05, 4.69) is 20.5 Å². The zero-order valence-electron chi connectivity index (χ0n) is 12.8. The van der Waals surface area contributed by atoms with E-state index in [1.165, 1.54) is 18.5 Å². The molecule has 1 amide bonds. The van der Waals surface area contributed by atoms with E-state index in [0.29, 0.717) is 19.4 Å². The van der Waals surface area contributed by atoms with Gasteiger partial charge in [-0.15, -0.1) is 0 Å². The Kier molecular flexibility index (Phi) is 4.38. The SMILES string of the molecule is Cc1ccc(F)c(C(=O)NC[C@@H]2C[C@@H](c3ncn[nH]3)C[C@@H]2O)c1. The van der Waals surface area contributed by atoms with Crippen molar-refractivity contribution in [2.45, 2.75) is 31.8 Å². The third kappa shape index (κ3) is 3.39. The fraction of sp³-hybridized carbons (Fsp3) is 0.438. The van der Waals surface area contributed by atoms with E-state index in [-0.39, 0.29) is 17.4 Å². The number of nitrogens with zero attached hydrogens (tertiary/aromatic N) is 2. The van der Waals surface area contributed by atoms with Crippen LogP contribution in [0.15, 0.2) is 24.5 Å². The summed E-state index contributed by atoms with van der Waals surface area (Å²) < 4.78 is 13.7. The third-order valence-corrected chi connectivity index (χ3v) is 4.37. The minimum atomic E-state index is -0.542. The van der Waals surface area contributed by atoms with Gasteiger partial charge in [0.05, 0.1) is 11.7 Å². The number of hydrogen-bond acceptors (Lipinski definition) is 4. The molecule has 0 aliphatic heterocycles. The highest BCUT2D eigenvalue weighted by molar-refractivity contribution is 5.94. The van der Waals surface area contributed by atoms with E-state index >= 15 is 0 Å². The molecule has 3 N–H and O–H groups in total. The highest BCUT2D eigenvalue weighted by Crippen LogP contribution is 2.36. The Bertz CT molecular complexity index is 689. The molecule has 3 rings (SSSR count). The second-order valence-corrected chi connectivity index (χ2v) is 6.06. The van der Waals surface area contributed by atoms with Gasteiger partial charge in [0.15, 0.2) is 0 Å². The maximum Gasteiger partial charge on any atom is 0.254 e. The molecule has 0 spiro atoms. The molecule has 2 aromatic rings. The van der Waals surface area contributed by atoms with Crippen molar-refractivity contribution in [3.05, 3.63) is 47.3 Å². The van der Waals surface area contributed by atoms with Gasteiger partial charge < -0.3 is 10.4 Å². The number of aromatic amines is 1. The van der Waals surface area contributed by atoms with Crippen molar-refractivity contribution >= 4 is 5.91 Å². The van der Waals surface area contributed by atoms with E-state index in [0.717, 1.165) is 11.4 Å². The number of halogens is 1. The number of nitrogens with one attached hydrogen (secondary N) is 2. The molecule has 1 heterocycles. The molecule has 0 radical (unpaired) electrons. The van der Waals surface area contributed by atoms with Gasteiger partial charge in [0, 0.05) is 18.4 Å². The van der Waals surface area contributed by atoms with Crippen LogP contribution in [0.1, 0.15) is 40.5 Å². The van der Waals surface area contributed by atoms with Crippen LogP contribution in [-0.4, -0.2) is 38.8 Å². The summed E-state index contributed by atoms with van der Waals surface area (Å²) in [6.07, 6.45) is 2.20. The van der Waals surface area contributed by atoms with Crippen molar-refractivity contribution in [2.24, 2.45) is 5.92 Å². The van der Waals surface area contributed by atoms with Crippen LogP contribution in [0.5, 0.6) is 0 Å². The van der Waals surface area contributed by atoms with Gasteiger partial charge in [-0.05, 0) is 31.9 Å². The summed E-state index contributed by atoms with van der Waals surface area (Å²) in [6, 6.07) is 4.43. The van der Waals surface area contributed by atoms with Crippen molar-refractivity contribution in [3.63, 3.8) is 0 Å². The first kappa shape index (κ1) is 15.6. The number of rotatable bonds is 4. The van der Waals surface area contributed by atoms with Crippen LogP contribution in [0, 0.1) is 18.7 Å². The molecule has 1 aromatic heterocycles. The molecule has 1 aliphatic carbocycles. The number of aliphatic hydroxyl groups excluding tert-OH is 1. The topological polar surface area (TPSA) is 90.9 Å². The molecule has 0 bridgehead atoms. The largest absolute Gasteiger partial charge is 0.393 e. The van der Waals surface area contributed by atoms with Crippen LogP contribution >= 0.6 is 0 Å². The second kappa shape index (κ2) is 6.45. The standard InChI is InChI=1S/C16H19FN4O2/c1-9-2-3-13(17)12(4-9)16(23)18-7-11-5-10(6-14(11)22)15-19-8-20-21-15/h2-4,8,10-11,14,22H,5-7H2,1H3,(H,18,23)(H,19,20,21)/t10-,11+,14+/m1/s1. The smallest absolute Gasteiger partial charge is 0.254 e. The summed E-state index contributed by atoms with van der Waals surface area (Å²) in [4.78, 5) is 16.2. The third-order valence-electron chi connectivity index (χ3n) is 4.37. The van der Waals surface area contributed by atoms with E-state index in [1.807, 2.05) is 0 Å². The highest BCUT2D eigenvalue weighted by Gasteiger charge is 2.35. The van der Waals surface area contributed by atoms with Gasteiger partial charge in [0.1, 0.15) is 18.0 Å². The molecule has 7 heteroatoms. The summed E-state index contributed by atoms with van der Waals surface area (Å²) in [5, 5.41) is 19.5.